The fourth-order valence-corrected chi connectivity index (χ4v) is 3.02. The first-order valence-corrected chi connectivity index (χ1v) is 7.81. The van der Waals surface area contributed by atoms with E-state index in [4.69, 9.17) is 10.5 Å². The van der Waals surface area contributed by atoms with Crippen LogP contribution in [0.2, 0.25) is 0 Å². The highest BCUT2D eigenvalue weighted by Crippen LogP contribution is 2.21. The van der Waals surface area contributed by atoms with Gasteiger partial charge in [-0.2, -0.15) is 0 Å². The van der Waals surface area contributed by atoms with Gasteiger partial charge in [-0.05, 0) is 37.3 Å². The van der Waals surface area contributed by atoms with Crippen molar-refractivity contribution in [3.8, 4) is 0 Å². The van der Waals surface area contributed by atoms with Crippen molar-refractivity contribution in [3.05, 3.63) is 35.5 Å². The standard InChI is InChI=1S/C17H23N3O2.ClH/c1-12-3-2-4-14-13(11-20-15(12)14)5-8-19-16(21)17(18)6-9-22-10-7-17;/h2-4,11,20H,5-10,18H2,1H3,(H,19,21);1H. The molecule has 0 unspecified atom stereocenters. The molecule has 5 nitrogen and oxygen atoms in total. The van der Waals surface area contributed by atoms with E-state index in [9.17, 15) is 4.79 Å². The molecule has 0 radical (unpaired) electrons. The van der Waals surface area contributed by atoms with Crippen molar-refractivity contribution in [1.82, 2.24) is 10.3 Å². The fourth-order valence-electron chi connectivity index (χ4n) is 3.02. The van der Waals surface area contributed by atoms with Crippen LogP contribution in [0.4, 0.5) is 0 Å². The second-order valence-electron chi connectivity index (χ2n) is 6.09. The summed E-state index contributed by atoms with van der Waals surface area (Å²) in [6.45, 7) is 3.81. The van der Waals surface area contributed by atoms with Crippen LogP contribution in [0.3, 0.4) is 0 Å². The van der Waals surface area contributed by atoms with Crippen LogP contribution < -0.4 is 11.1 Å². The Morgan fingerprint density at radius 3 is 2.87 bits per heavy atom. The predicted octanol–water partition coefficient (Wildman–Crippen LogP) is 2.06. The maximum Gasteiger partial charge on any atom is 0.240 e. The third-order valence-corrected chi connectivity index (χ3v) is 4.53. The number of hydrogen-bond acceptors (Lipinski definition) is 3. The SMILES string of the molecule is Cc1cccc2c(CCNC(=O)C3(N)CCOCC3)c[nH]c12.Cl. The summed E-state index contributed by atoms with van der Waals surface area (Å²) in [5.41, 5.74) is 9.03. The number of amides is 1. The number of H-pyrrole nitrogens is 1. The number of hydrogen-bond donors (Lipinski definition) is 3. The van der Waals surface area contributed by atoms with Gasteiger partial charge in [-0.1, -0.05) is 18.2 Å². The molecule has 1 aromatic heterocycles. The molecule has 3 rings (SSSR count). The van der Waals surface area contributed by atoms with Gasteiger partial charge in [-0.3, -0.25) is 4.79 Å². The first kappa shape index (κ1) is 17.8. The molecule has 0 spiro atoms. The smallest absolute Gasteiger partial charge is 0.240 e. The third-order valence-electron chi connectivity index (χ3n) is 4.53. The van der Waals surface area contributed by atoms with E-state index in [0.29, 0.717) is 32.6 Å². The van der Waals surface area contributed by atoms with Crippen molar-refractivity contribution in [2.75, 3.05) is 19.8 Å². The van der Waals surface area contributed by atoms with Crippen molar-refractivity contribution >= 4 is 29.2 Å². The van der Waals surface area contributed by atoms with Crippen LogP contribution >= 0.6 is 12.4 Å². The number of carbonyl (C=O) groups excluding carboxylic acids is 1. The number of aryl methyl sites for hydroxylation is 1. The van der Waals surface area contributed by atoms with Gasteiger partial charge in [0.1, 0.15) is 0 Å². The van der Waals surface area contributed by atoms with E-state index >= 15 is 0 Å². The molecule has 2 aromatic rings. The number of fused-ring (bicyclic) bond motifs is 1. The molecular formula is C17H24ClN3O2. The van der Waals surface area contributed by atoms with Crippen LogP contribution in [0.5, 0.6) is 0 Å². The summed E-state index contributed by atoms with van der Waals surface area (Å²) < 4.78 is 5.27. The first-order chi connectivity index (χ1) is 10.6. The number of nitrogens with two attached hydrogens (primary N) is 1. The number of halogens is 1. The summed E-state index contributed by atoms with van der Waals surface area (Å²) in [6, 6.07) is 6.26. The number of aromatic amines is 1. The van der Waals surface area contributed by atoms with E-state index in [2.05, 4.69) is 35.4 Å². The Kier molecular flexibility index (Phi) is 5.68. The monoisotopic (exact) mass is 337 g/mol. The Bertz CT molecular complexity index is 678. The molecule has 126 valence electrons. The number of ether oxygens (including phenoxy) is 1. The maximum atomic E-state index is 12.3. The predicted molar refractivity (Wildman–Crippen MR) is 94.0 cm³/mol. The van der Waals surface area contributed by atoms with Crippen molar-refractivity contribution in [1.29, 1.82) is 0 Å². The minimum absolute atomic E-state index is 0. The van der Waals surface area contributed by atoms with Crippen molar-refractivity contribution in [3.63, 3.8) is 0 Å². The Balaban J connectivity index is 0.00000192. The lowest BCUT2D eigenvalue weighted by atomic mass is 9.90. The van der Waals surface area contributed by atoms with Gasteiger partial charge in [-0.15, -0.1) is 12.4 Å². The number of benzene rings is 1. The minimum atomic E-state index is -0.769. The quantitative estimate of drug-likeness (QED) is 0.799. The number of rotatable bonds is 4. The van der Waals surface area contributed by atoms with Crippen LogP contribution in [0.15, 0.2) is 24.4 Å². The highest BCUT2D eigenvalue weighted by molar-refractivity contribution is 5.87. The molecule has 0 bridgehead atoms. The Morgan fingerprint density at radius 1 is 1.39 bits per heavy atom. The largest absolute Gasteiger partial charge is 0.381 e. The summed E-state index contributed by atoms with van der Waals surface area (Å²) in [5.74, 6) is -0.0631. The molecule has 0 saturated carbocycles. The van der Waals surface area contributed by atoms with Crippen LogP contribution in [0, 0.1) is 6.92 Å². The van der Waals surface area contributed by atoms with Crippen molar-refractivity contribution in [2.24, 2.45) is 5.73 Å². The Hall–Kier alpha value is -1.56. The fraction of sp³-hybridized carbons (Fsp3) is 0.471. The molecule has 2 heterocycles. The van der Waals surface area contributed by atoms with Crippen molar-refractivity contribution in [2.45, 2.75) is 31.7 Å². The van der Waals surface area contributed by atoms with Crippen LogP contribution in [0.1, 0.15) is 24.0 Å². The number of para-hydroxylation sites is 1. The molecule has 1 aliphatic heterocycles. The molecule has 1 aliphatic rings. The van der Waals surface area contributed by atoms with Gasteiger partial charge in [0.15, 0.2) is 0 Å². The third kappa shape index (κ3) is 3.68. The van der Waals surface area contributed by atoms with Gasteiger partial charge in [0.05, 0.1) is 5.54 Å². The second-order valence-corrected chi connectivity index (χ2v) is 6.09. The zero-order valence-electron chi connectivity index (χ0n) is 13.4. The Labute approximate surface area is 142 Å². The number of carbonyl (C=O) groups is 1. The molecule has 23 heavy (non-hydrogen) atoms. The van der Waals surface area contributed by atoms with Gasteiger partial charge in [-0.25, -0.2) is 0 Å². The molecule has 0 aliphatic carbocycles. The molecule has 1 saturated heterocycles. The summed E-state index contributed by atoms with van der Waals surface area (Å²) in [4.78, 5) is 15.6. The van der Waals surface area contributed by atoms with E-state index in [-0.39, 0.29) is 18.3 Å². The Morgan fingerprint density at radius 2 is 2.13 bits per heavy atom. The summed E-state index contributed by atoms with van der Waals surface area (Å²) in [7, 11) is 0. The maximum absolute atomic E-state index is 12.3. The van der Waals surface area contributed by atoms with Gasteiger partial charge in [0.2, 0.25) is 5.91 Å². The van der Waals surface area contributed by atoms with E-state index in [1.807, 2.05) is 6.20 Å². The van der Waals surface area contributed by atoms with Crippen molar-refractivity contribution < 1.29 is 9.53 Å². The zero-order chi connectivity index (χ0) is 15.6. The van der Waals surface area contributed by atoms with Crippen LogP contribution in [-0.2, 0) is 16.0 Å². The molecule has 6 heteroatoms. The molecule has 4 N–H and O–H groups in total. The summed E-state index contributed by atoms with van der Waals surface area (Å²) >= 11 is 0. The van der Waals surface area contributed by atoms with Gasteiger partial charge >= 0.3 is 0 Å². The lowest BCUT2D eigenvalue weighted by Crippen LogP contribution is -2.57. The van der Waals surface area contributed by atoms with Crippen LogP contribution in [0.25, 0.3) is 10.9 Å². The molecule has 0 atom stereocenters. The lowest BCUT2D eigenvalue weighted by molar-refractivity contribution is -0.129. The second kappa shape index (κ2) is 7.34. The van der Waals surface area contributed by atoms with Gasteiger partial charge in [0.25, 0.3) is 0 Å². The number of aromatic nitrogens is 1. The minimum Gasteiger partial charge on any atom is -0.381 e. The molecule has 1 fully saturated rings. The summed E-state index contributed by atoms with van der Waals surface area (Å²) in [5, 5.41) is 4.20. The highest BCUT2D eigenvalue weighted by atomic mass is 35.5. The molecule has 1 amide bonds. The average Bonchev–Trinajstić information content (AvgIpc) is 2.93. The zero-order valence-corrected chi connectivity index (χ0v) is 14.2. The van der Waals surface area contributed by atoms with E-state index < -0.39 is 5.54 Å². The molecular weight excluding hydrogens is 314 g/mol. The first-order valence-electron chi connectivity index (χ1n) is 7.81. The van der Waals surface area contributed by atoms with Gasteiger partial charge < -0.3 is 20.8 Å². The molecule has 1 aromatic carbocycles. The average molecular weight is 338 g/mol. The topological polar surface area (TPSA) is 80.1 Å². The lowest BCUT2D eigenvalue weighted by Gasteiger charge is -2.31. The normalized spacial score (nSPS) is 16.8. The van der Waals surface area contributed by atoms with Crippen LogP contribution in [-0.4, -0.2) is 36.2 Å². The van der Waals surface area contributed by atoms with E-state index in [1.165, 1.54) is 22.0 Å². The number of nitrogens with one attached hydrogen (secondary N) is 2. The highest BCUT2D eigenvalue weighted by Gasteiger charge is 2.35. The summed E-state index contributed by atoms with van der Waals surface area (Å²) in [6.07, 6.45) is 3.99. The van der Waals surface area contributed by atoms with E-state index in [1.54, 1.807) is 0 Å². The van der Waals surface area contributed by atoms with E-state index in [0.717, 1.165) is 6.42 Å². The van der Waals surface area contributed by atoms with Gasteiger partial charge in [0, 0.05) is 36.9 Å².